The van der Waals surface area contributed by atoms with E-state index in [9.17, 15) is 9.18 Å². The molecule has 0 spiro atoms. The number of carbonyl (C=O) groups excluding carboxylic acids is 1. The molecule has 2 rings (SSSR count). The van der Waals surface area contributed by atoms with Crippen LogP contribution in [0.1, 0.15) is 40.5 Å². The van der Waals surface area contributed by atoms with Crippen LogP contribution in [0.2, 0.25) is 0 Å². The molecule has 1 atom stereocenters. The maximum atomic E-state index is 13.5. The molecule has 1 aromatic heterocycles. The Labute approximate surface area is 134 Å². The summed E-state index contributed by atoms with van der Waals surface area (Å²) in [5.41, 5.74) is -1.57. The van der Waals surface area contributed by atoms with E-state index in [4.69, 9.17) is 15.6 Å². The number of nitrogens with one attached hydrogen (secondary N) is 2. The van der Waals surface area contributed by atoms with Gasteiger partial charge in [-0.3, -0.25) is 20.3 Å². The maximum absolute atomic E-state index is 13.5. The lowest BCUT2D eigenvalue weighted by Gasteiger charge is -2.37. The number of aromatic nitrogens is 1. The van der Waals surface area contributed by atoms with Crippen LogP contribution in [0.5, 0.6) is 0 Å². The van der Waals surface area contributed by atoms with E-state index in [1.54, 1.807) is 27.7 Å². The molecule has 0 unspecified atom stereocenters. The quantitative estimate of drug-likeness (QED) is 0.615. The highest BCUT2D eigenvalue weighted by atomic mass is 19.1. The van der Waals surface area contributed by atoms with Gasteiger partial charge < -0.3 is 4.74 Å². The topological polar surface area (TPSA) is 82.2 Å². The van der Waals surface area contributed by atoms with Gasteiger partial charge in [0.2, 0.25) is 0 Å². The molecule has 1 aliphatic heterocycles. The molecule has 0 bridgehead atoms. The van der Waals surface area contributed by atoms with Crippen LogP contribution in [-0.2, 0) is 4.74 Å². The minimum absolute atomic E-state index is 0.00587. The molecular weight excluding hydrogens is 299 g/mol. The fourth-order valence-electron chi connectivity index (χ4n) is 2.74. The van der Waals surface area contributed by atoms with E-state index < -0.39 is 23.1 Å². The minimum atomic E-state index is -0.934. The van der Waals surface area contributed by atoms with Crippen LogP contribution in [0.3, 0.4) is 0 Å². The van der Waals surface area contributed by atoms with E-state index in [1.807, 2.05) is 0 Å². The highest BCUT2D eigenvalue weighted by molar-refractivity contribution is 5.93. The number of amides is 1. The summed E-state index contributed by atoms with van der Waals surface area (Å²) in [4.78, 5) is 13.9. The van der Waals surface area contributed by atoms with Crippen LogP contribution in [0.15, 0.2) is 18.3 Å². The number of hydrogen-bond acceptors (Lipinski definition) is 4. The highest BCUT2D eigenvalue weighted by Gasteiger charge is 2.45. The van der Waals surface area contributed by atoms with Crippen molar-refractivity contribution in [2.75, 3.05) is 6.54 Å². The number of ether oxygens (including phenoxy) is 1. The molecule has 1 amide bonds. The zero-order valence-corrected chi connectivity index (χ0v) is 13.9. The predicted molar refractivity (Wildman–Crippen MR) is 83.9 cm³/mol. The molecule has 1 fully saturated rings. The van der Waals surface area contributed by atoms with Gasteiger partial charge in [0.15, 0.2) is 0 Å². The summed E-state index contributed by atoms with van der Waals surface area (Å²) in [5.74, 6) is -0.540. The zero-order valence-electron chi connectivity index (χ0n) is 13.9. The van der Waals surface area contributed by atoms with E-state index >= 15 is 0 Å². The molecule has 1 aliphatic rings. The zero-order chi connectivity index (χ0) is 17.4. The lowest BCUT2D eigenvalue weighted by molar-refractivity contribution is 0.0185. The second kappa shape index (κ2) is 5.79. The van der Waals surface area contributed by atoms with Gasteiger partial charge in [0.25, 0.3) is 0 Å². The second-order valence-corrected chi connectivity index (χ2v) is 6.96. The molecule has 2 heterocycles. The van der Waals surface area contributed by atoms with Crippen LogP contribution in [0, 0.1) is 16.6 Å². The summed E-state index contributed by atoms with van der Waals surface area (Å²) in [6, 6.07) is 2.47. The van der Waals surface area contributed by atoms with E-state index in [-0.39, 0.29) is 11.3 Å². The first kappa shape index (κ1) is 17.2. The average Bonchev–Trinajstić information content (AvgIpc) is 2.82. The largest absolute Gasteiger partial charge is 0.444 e. The number of hydrogen-bond donors (Lipinski definition) is 2. The SMILES string of the molecule is CC(C)(C)OC(=O)N1CCC[C@@]1(C)C(=N)n1cc(F)ccc1=N. The first-order valence-corrected chi connectivity index (χ1v) is 7.57. The van der Waals surface area contributed by atoms with Gasteiger partial charge in [-0.25, -0.2) is 9.18 Å². The Morgan fingerprint density at radius 2 is 2.04 bits per heavy atom. The van der Waals surface area contributed by atoms with Crippen molar-refractivity contribution in [2.24, 2.45) is 0 Å². The summed E-state index contributed by atoms with van der Waals surface area (Å²) in [5, 5.41) is 16.3. The number of halogens is 1. The fourth-order valence-corrected chi connectivity index (χ4v) is 2.74. The molecular formula is C16H23FN4O2. The lowest BCUT2D eigenvalue weighted by atomic mass is 9.97. The van der Waals surface area contributed by atoms with Crippen molar-refractivity contribution in [1.29, 1.82) is 10.8 Å². The van der Waals surface area contributed by atoms with Gasteiger partial charge >= 0.3 is 6.09 Å². The van der Waals surface area contributed by atoms with E-state index in [2.05, 4.69) is 0 Å². The monoisotopic (exact) mass is 322 g/mol. The van der Waals surface area contributed by atoms with Gasteiger partial charge in [0, 0.05) is 12.7 Å². The number of rotatable bonds is 1. The third-order valence-corrected chi connectivity index (χ3v) is 3.92. The molecule has 0 radical (unpaired) electrons. The molecule has 2 N–H and O–H groups in total. The maximum Gasteiger partial charge on any atom is 0.411 e. The third-order valence-electron chi connectivity index (χ3n) is 3.92. The Morgan fingerprint density at radius 3 is 2.65 bits per heavy atom. The smallest absolute Gasteiger partial charge is 0.411 e. The van der Waals surface area contributed by atoms with Gasteiger partial charge in [-0.05, 0) is 52.7 Å². The molecule has 6 nitrogen and oxygen atoms in total. The van der Waals surface area contributed by atoms with Gasteiger partial charge in [0.1, 0.15) is 28.3 Å². The Balaban J connectivity index is 2.35. The molecule has 0 aliphatic carbocycles. The van der Waals surface area contributed by atoms with Gasteiger partial charge in [-0.1, -0.05) is 0 Å². The molecule has 126 valence electrons. The summed E-state index contributed by atoms with van der Waals surface area (Å²) in [6.07, 6.45) is 1.89. The standard InChI is InChI=1S/C16H23FN4O2/c1-15(2,3)23-14(22)21-9-5-8-16(21,4)13(19)20-10-11(17)6-7-12(20)18/h6-7,10,18-19H,5,8-9H2,1-4H3/t16-/m0/s1. The van der Waals surface area contributed by atoms with Crippen LogP contribution in [-0.4, -0.2) is 39.1 Å². The third kappa shape index (κ3) is 3.43. The molecule has 0 aromatic carbocycles. The highest BCUT2D eigenvalue weighted by Crippen LogP contribution is 2.31. The van der Waals surface area contributed by atoms with Crippen LogP contribution < -0.4 is 5.49 Å². The number of pyridine rings is 1. The van der Waals surface area contributed by atoms with Crippen LogP contribution in [0.25, 0.3) is 0 Å². The Hall–Kier alpha value is -2.18. The van der Waals surface area contributed by atoms with E-state index in [0.717, 1.165) is 17.2 Å². The summed E-state index contributed by atoms with van der Waals surface area (Å²) >= 11 is 0. The van der Waals surface area contributed by atoms with E-state index in [0.29, 0.717) is 13.0 Å². The fraction of sp³-hybridized carbons (Fsp3) is 0.562. The number of nitrogens with zero attached hydrogens (tertiary/aromatic N) is 2. The first-order valence-electron chi connectivity index (χ1n) is 7.57. The summed E-state index contributed by atoms with van der Waals surface area (Å²) in [6.45, 7) is 7.58. The second-order valence-electron chi connectivity index (χ2n) is 6.96. The number of carbonyl (C=O) groups is 1. The van der Waals surface area contributed by atoms with Crippen molar-refractivity contribution >= 4 is 11.9 Å². The lowest BCUT2D eigenvalue weighted by Crippen LogP contribution is -2.55. The van der Waals surface area contributed by atoms with Crippen molar-refractivity contribution in [3.8, 4) is 0 Å². The van der Waals surface area contributed by atoms with Crippen LogP contribution >= 0.6 is 0 Å². The van der Waals surface area contributed by atoms with Gasteiger partial charge in [-0.2, -0.15) is 0 Å². The predicted octanol–water partition coefficient (Wildman–Crippen LogP) is 2.72. The summed E-state index contributed by atoms with van der Waals surface area (Å²) < 4.78 is 20.1. The minimum Gasteiger partial charge on any atom is -0.444 e. The summed E-state index contributed by atoms with van der Waals surface area (Å²) in [7, 11) is 0. The normalized spacial score (nSPS) is 21.3. The van der Waals surface area contributed by atoms with Crippen molar-refractivity contribution < 1.29 is 13.9 Å². The Bertz CT molecular complexity index is 692. The van der Waals surface area contributed by atoms with Crippen molar-refractivity contribution in [3.63, 3.8) is 0 Å². The first-order chi connectivity index (χ1) is 10.5. The van der Waals surface area contributed by atoms with Crippen LogP contribution in [0.4, 0.5) is 9.18 Å². The Kier molecular flexibility index (Phi) is 4.32. The molecule has 7 heteroatoms. The molecule has 0 saturated carbocycles. The van der Waals surface area contributed by atoms with Gasteiger partial charge in [-0.15, -0.1) is 0 Å². The Morgan fingerprint density at radius 1 is 1.39 bits per heavy atom. The van der Waals surface area contributed by atoms with Crippen molar-refractivity contribution in [1.82, 2.24) is 9.47 Å². The number of likely N-dealkylation sites (tertiary alicyclic amines) is 1. The van der Waals surface area contributed by atoms with Gasteiger partial charge in [0.05, 0.1) is 0 Å². The average molecular weight is 322 g/mol. The van der Waals surface area contributed by atoms with Crippen molar-refractivity contribution in [2.45, 2.75) is 51.7 Å². The van der Waals surface area contributed by atoms with Crippen molar-refractivity contribution in [3.05, 3.63) is 29.6 Å². The molecule has 1 aromatic rings. The molecule has 1 saturated heterocycles. The molecule has 23 heavy (non-hydrogen) atoms. The van der Waals surface area contributed by atoms with E-state index in [1.165, 1.54) is 17.0 Å².